The molecule has 1 saturated heterocycles. The summed E-state index contributed by atoms with van der Waals surface area (Å²) < 4.78 is 5.50. The molecule has 3 rings (SSSR count). The van der Waals surface area contributed by atoms with Gasteiger partial charge in [-0.15, -0.1) is 0 Å². The monoisotopic (exact) mass is 327 g/mol. The average Bonchev–Trinajstić information content (AvgIpc) is 2.67. The molecule has 5 nitrogen and oxygen atoms in total. The van der Waals surface area contributed by atoms with Gasteiger partial charge in [0, 0.05) is 30.7 Å². The van der Waals surface area contributed by atoms with Crippen LogP contribution >= 0.6 is 0 Å². The van der Waals surface area contributed by atoms with Crippen LogP contribution in [0.25, 0.3) is 0 Å². The van der Waals surface area contributed by atoms with Crippen molar-refractivity contribution in [1.82, 2.24) is 10.2 Å². The number of hydrogen-bond donors (Lipinski definition) is 1. The van der Waals surface area contributed by atoms with Crippen LogP contribution < -0.4 is 5.32 Å². The highest BCUT2D eigenvalue weighted by molar-refractivity contribution is 5.94. The molecule has 0 radical (unpaired) electrons. The topological polar surface area (TPSA) is 65.4 Å². The highest BCUT2D eigenvalue weighted by atomic mass is 16.5. The summed E-state index contributed by atoms with van der Waals surface area (Å²) in [5.41, 5.74) is 1.26. The van der Waals surface area contributed by atoms with E-state index in [1.165, 1.54) is 19.3 Å². The number of ether oxygens (including phenoxy) is 1. The summed E-state index contributed by atoms with van der Waals surface area (Å²) in [6, 6.07) is 8.89. The highest BCUT2D eigenvalue weighted by Gasteiger charge is 2.38. The molecule has 2 fully saturated rings. The summed E-state index contributed by atoms with van der Waals surface area (Å²) >= 11 is 0. The fraction of sp³-hybridized carbons (Fsp3) is 0.579. The van der Waals surface area contributed by atoms with Crippen molar-refractivity contribution < 1.29 is 9.53 Å². The lowest BCUT2D eigenvalue weighted by molar-refractivity contribution is -0.0361. The van der Waals surface area contributed by atoms with E-state index in [9.17, 15) is 4.79 Å². The van der Waals surface area contributed by atoms with Crippen LogP contribution in [0.1, 0.15) is 48.0 Å². The van der Waals surface area contributed by atoms with E-state index in [2.05, 4.69) is 16.3 Å². The maximum absolute atomic E-state index is 12.5. The fourth-order valence-electron chi connectivity index (χ4n) is 3.90. The SMILES string of the molecule is N#Cc1ccc(C(=O)NCC2(N3CCOCC3)CCCCC2)cc1. The van der Waals surface area contributed by atoms with E-state index in [0.29, 0.717) is 17.7 Å². The molecule has 0 spiro atoms. The molecular formula is C19H25N3O2. The van der Waals surface area contributed by atoms with Gasteiger partial charge in [-0.3, -0.25) is 9.69 Å². The van der Waals surface area contributed by atoms with Gasteiger partial charge < -0.3 is 10.1 Å². The number of hydrogen-bond acceptors (Lipinski definition) is 4. The lowest BCUT2D eigenvalue weighted by Crippen LogP contribution is -2.59. The lowest BCUT2D eigenvalue weighted by atomic mass is 9.79. The molecule has 1 aromatic carbocycles. The number of carbonyl (C=O) groups excluding carboxylic acids is 1. The largest absolute Gasteiger partial charge is 0.379 e. The van der Waals surface area contributed by atoms with Gasteiger partial charge in [0.05, 0.1) is 24.8 Å². The Morgan fingerprint density at radius 2 is 1.83 bits per heavy atom. The minimum absolute atomic E-state index is 0.0577. The predicted octanol–water partition coefficient (Wildman–Crippen LogP) is 2.32. The second-order valence-corrected chi connectivity index (χ2v) is 6.76. The van der Waals surface area contributed by atoms with Gasteiger partial charge in [0.25, 0.3) is 5.91 Å². The zero-order chi connectivity index (χ0) is 16.8. The number of amides is 1. The molecule has 0 bridgehead atoms. The van der Waals surface area contributed by atoms with Crippen molar-refractivity contribution in [2.24, 2.45) is 0 Å². The maximum atomic E-state index is 12.5. The third kappa shape index (κ3) is 3.77. The number of benzene rings is 1. The number of nitriles is 1. The van der Waals surface area contributed by atoms with Gasteiger partial charge in [0.2, 0.25) is 0 Å². The summed E-state index contributed by atoms with van der Waals surface area (Å²) in [6.45, 7) is 4.15. The highest BCUT2D eigenvalue weighted by Crippen LogP contribution is 2.33. The number of rotatable bonds is 4. The van der Waals surface area contributed by atoms with E-state index in [4.69, 9.17) is 10.00 Å². The molecule has 0 aromatic heterocycles. The summed E-state index contributed by atoms with van der Waals surface area (Å²) in [5, 5.41) is 12.0. The molecule has 2 aliphatic rings. The number of morpholine rings is 1. The minimum atomic E-state index is -0.0577. The van der Waals surface area contributed by atoms with Crippen LogP contribution in [-0.4, -0.2) is 49.2 Å². The van der Waals surface area contributed by atoms with Crippen LogP contribution in [0.15, 0.2) is 24.3 Å². The molecule has 1 aliphatic carbocycles. The molecule has 1 N–H and O–H groups in total. The molecule has 128 valence electrons. The molecule has 24 heavy (non-hydrogen) atoms. The second kappa shape index (κ2) is 7.78. The Bertz CT molecular complexity index is 594. The molecular weight excluding hydrogens is 302 g/mol. The van der Waals surface area contributed by atoms with Crippen molar-refractivity contribution in [2.45, 2.75) is 37.6 Å². The first-order valence-corrected chi connectivity index (χ1v) is 8.85. The van der Waals surface area contributed by atoms with Crippen LogP contribution in [0.2, 0.25) is 0 Å². The van der Waals surface area contributed by atoms with Crippen LogP contribution in [-0.2, 0) is 4.74 Å². The Kier molecular flexibility index (Phi) is 5.49. The van der Waals surface area contributed by atoms with E-state index in [-0.39, 0.29) is 11.4 Å². The van der Waals surface area contributed by atoms with E-state index >= 15 is 0 Å². The molecule has 0 atom stereocenters. The zero-order valence-electron chi connectivity index (χ0n) is 14.1. The summed E-state index contributed by atoms with van der Waals surface area (Å²) in [5.74, 6) is -0.0577. The first kappa shape index (κ1) is 16.9. The summed E-state index contributed by atoms with van der Waals surface area (Å²) in [7, 11) is 0. The first-order valence-electron chi connectivity index (χ1n) is 8.85. The van der Waals surface area contributed by atoms with E-state index in [1.54, 1.807) is 24.3 Å². The normalized spacial score (nSPS) is 21.0. The van der Waals surface area contributed by atoms with Crippen LogP contribution in [0, 0.1) is 11.3 Å². The Morgan fingerprint density at radius 3 is 2.46 bits per heavy atom. The molecule has 1 saturated carbocycles. The third-order valence-electron chi connectivity index (χ3n) is 5.32. The molecule has 1 heterocycles. The van der Waals surface area contributed by atoms with Crippen molar-refractivity contribution in [3.05, 3.63) is 35.4 Å². The van der Waals surface area contributed by atoms with Crippen LogP contribution in [0.5, 0.6) is 0 Å². The first-order chi connectivity index (χ1) is 11.7. The second-order valence-electron chi connectivity index (χ2n) is 6.76. The van der Waals surface area contributed by atoms with Gasteiger partial charge in [0.1, 0.15) is 0 Å². The van der Waals surface area contributed by atoms with E-state index < -0.39 is 0 Å². The molecule has 1 aliphatic heterocycles. The van der Waals surface area contributed by atoms with Gasteiger partial charge in [-0.1, -0.05) is 19.3 Å². The minimum Gasteiger partial charge on any atom is -0.379 e. The Morgan fingerprint density at radius 1 is 1.17 bits per heavy atom. The van der Waals surface area contributed by atoms with Crippen molar-refractivity contribution in [3.8, 4) is 6.07 Å². The Balaban J connectivity index is 1.66. The number of carbonyl (C=O) groups is 1. The number of nitrogens with zero attached hydrogens (tertiary/aromatic N) is 2. The summed E-state index contributed by atoms with van der Waals surface area (Å²) in [6.07, 6.45) is 6.02. The van der Waals surface area contributed by atoms with Gasteiger partial charge in [-0.2, -0.15) is 5.26 Å². The van der Waals surface area contributed by atoms with Crippen molar-refractivity contribution in [2.75, 3.05) is 32.8 Å². The van der Waals surface area contributed by atoms with Gasteiger partial charge in [0.15, 0.2) is 0 Å². The molecule has 0 unspecified atom stereocenters. The molecule has 5 heteroatoms. The van der Waals surface area contributed by atoms with E-state index in [0.717, 1.165) is 39.1 Å². The average molecular weight is 327 g/mol. The van der Waals surface area contributed by atoms with Crippen LogP contribution in [0.3, 0.4) is 0 Å². The fourth-order valence-corrected chi connectivity index (χ4v) is 3.90. The zero-order valence-corrected chi connectivity index (χ0v) is 14.1. The standard InChI is InChI=1S/C19H25N3O2/c20-14-16-4-6-17(7-5-16)18(23)21-15-19(8-2-1-3-9-19)22-10-12-24-13-11-22/h4-7H,1-3,8-13,15H2,(H,21,23). The quantitative estimate of drug-likeness (QED) is 0.922. The smallest absolute Gasteiger partial charge is 0.251 e. The van der Waals surface area contributed by atoms with Gasteiger partial charge >= 0.3 is 0 Å². The molecule has 1 amide bonds. The van der Waals surface area contributed by atoms with Gasteiger partial charge in [-0.25, -0.2) is 0 Å². The molecule has 1 aromatic rings. The van der Waals surface area contributed by atoms with Gasteiger partial charge in [-0.05, 0) is 37.1 Å². The van der Waals surface area contributed by atoms with Crippen molar-refractivity contribution in [3.63, 3.8) is 0 Å². The third-order valence-corrected chi connectivity index (χ3v) is 5.32. The number of nitrogens with one attached hydrogen (secondary N) is 1. The summed E-state index contributed by atoms with van der Waals surface area (Å²) in [4.78, 5) is 15.0. The Hall–Kier alpha value is -1.90. The predicted molar refractivity (Wildman–Crippen MR) is 91.7 cm³/mol. The Labute approximate surface area is 143 Å². The lowest BCUT2D eigenvalue weighted by Gasteiger charge is -2.48. The van der Waals surface area contributed by atoms with Crippen molar-refractivity contribution in [1.29, 1.82) is 5.26 Å². The van der Waals surface area contributed by atoms with E-state index in [1.807, 2.05) is 0 Å². The maximum Gasteiger partial charge on any atom is 0.251 e. The van der Waals surface area contributed by atoms with Crippen molar-refractivity contribution >= 4 is 5.91 Å². The van der Waals surface area contributed by atoms with Crippen LogP contribution in [0.4, 0.5) is 0 Å².